The first-order valence-corrected chi connectivity index (χ1v) is 6.51. The summed E-state index contributed by atoms with van der Waals surface area (Å²) in [5.41, 5.74) is 0.799. The molecular weight excluding hydrogens is 294 g/mol. The summed E-state index contributed by atoms with van der Waals surface area (Å²) in [4.78, 5) is 8.51. The lowest BCUT2D eigenvalue weighted by Crippen LogP contribution is -2.03. The molecule has 0 saturated heterocycles. The predicted molar refractivity (Wildman–Crippen MR) is 74.7 cm³/mol. The van der Waals surface area contributed by atoms with Crippen LogP contribution in [-0.4, -0.2) is 16.5 Å². The number of benzene rings is 1. The molecule has 0 spiro atoms. The van der Waals surface area contributed by atoms with Crippen molar-refractivity contribution in [3.8, 4) is 5.75 Å². The van der Waals surface area contributed by atoms with E-state index >= 15 is 0 Å². The summed E-state index contributed by atoms with van der Waals surface area (Å²) in [5.74, 6) is 1.58. The van der Waals surface area contributed by atoms with Crippen LogP contribution in [0.5, 0.6) is 5.75 Å². The van der Waals surface area contributed by atoms with Gasteiger partial charge in [0.05, 0.1) is 22.6 Å². The molecule has 0 amide bonds. The van der Waals surface area contributed by atoms with E-state index in [4.69, 9.17) is 4.74 Å². The van der Waals surface area contributed by atoms with Crippen LogP contribution in [0.25, 0.3) is 0 Å². The van der Waals surface area contributed by atoms with E-state index in [2.05, 4.69) is 31.2 Å². The van der Waals surface area contributed by atoms with Crippen LogP contribution in [0.2, 0.25) is 0 Å². The number of hydrogen-bond acceptors (Lipinski definition) is 4. The third-order valence-corrected chi connectivity index (χ3v) is 2.93. The van der Waals surface area contributed by atoms with Gasteiger partial charge in [0.1, 0.15) is 18.2 Å². The van der Waals surface area contributed by atoms with Crippen LogP contribution in [-0.2, 0) is 6.61 Å². The van der Waals surface area contributed by atoms with Gasteiger partial charge in [-0.05, 0) is 35.0 Å². The molecule has 0 radical (unpaired) electrons. The van der Waals surface area contributed by atoms with Gasteiger partial charge in [-0.1, -0.05) is 12.1 Å². The summed E-state index contributed by atoms with van der Waals surface area (Å²) in [5, 5.41) is 3.10. The highest BCUT2D eigenvalue weighted by Gasteiger charge is 2.01. The molecule has 1 heterocycles. The highest BCUT2D eigenvalue weighted by molar-refractivity contribution is 9.10. The number of hydrogen-bond donors (Lipinski definition) is 1. The van der Waals surface area contributed by atoms with Gasteiger partial charge in [0.25, 0.3) is 0 Å². The lowest BCUT2D eigenvalue weighted by Gasteiger charge is -2.07. The Balaban J connectivity index is 1.96. The lowest BCUT2D eigenvalue weighted by atomic mass is 10.3. The largest absolute Gasteiger partial charge is 0.486 e. The molecule has 0 bridgehead atoms. The molecule has 2 aromatic rings. The number of anilines is 1. The smallest absolute Gasteiger partial charge is 0.144 e. The Morgan fingerprint density at radius 3 is 2.72 bits per heavy atom. The average Bonchev–Trinajstić information content (AvgIpc) is 2.40. The molecule has 4 nitrogen and oxygen atoms in total. The van der Waals surface area contributed by atoms with Crippen LogP contribution in [0.3, 0.4) is 0 Å². The van der Waals surface area contributed by atoms with Crippen LogP contribution in [0.15, 0.2) is 41.1 Å². The maximum absolute atomic E-state index is 5.65. The number of halogens is 1. The quantitative estimate of drug-likeness (QED) is 0.921. The number of nitrogens with zero attached hydrogens (tertiary/aromatic N) is 2. The molecule has 0 unspecified atom stereocenters. The normalized spacial score (nSPS) is 10.1. The Kier molecular flexibility index (Phi) is 4.52. The Bertz CT molecular complexity index is 502. The van der Waals surface area contributed by atoms with Crippen LogP contribution in [0.1, 0.15) is 12.6 Å². The summed E-state index contributed by atoms with van der Waals surface area (Å²) in [7, 11) is 0. The van der Waals surface area contributed by atoms with Crippen molar-refractivity contribution in [2.75, 3.05) is 11.9 Å². The van der Waals surface area contributed by atoms with Gasteiger partial charge >= 0.3 is 0 Å². The fraction of sp³-hybridized carbons (Fsp3) is 0.231. The first-order valence-electron chi connectivity index (χ1n) is 5.71. The fourth-order valence-electron chi connectivity index (χ4n) is 1.42. The average molecular weight is 308 g/mol. The van der Waals surface area contributed by atoms with E-state index in [1.54, 1.807) is 12.4 Å². The molecule has 2 rings (SSSR count). The van der Waals surface area contributed by atoms with Crippen LogP contribution in [0, 0.1) is 0 Å². The zero-order chi connectivity index (χ0) is 12.8. The molecule has 1 N–H and O–H groups in total. The first kappa shape index (κ1) is 12.8. The van der Waals surface area contributed by atoms with Crippen molar-refractivity contribution >= 4 is 21.7 Å². The first-order chi connectivity index (χ1) is 8.79. The zero-order valence-corrected chi connectivity index (χ0v) is 11.6. The Hall–Kier alpha value is -1.62. The highest BCUT2D eigenvalue weighted by atomic mass is 79.9. The van der Waals surface area contributed by atoms with E-state index in [0.29, 0.717) is 6.61 Å². The molecule has 0 aliphatic carbocycles. The monoisotopic (exact) mass is 307 g/mol. The SMILES string of the molecule is CCNc1cnc(COc2ccccc2Br)cn1. The van der Waals surface area contributed by atoms with Crippen molar-refractivity contribution < 1.29 is 4.74 Å². The summed E-state index contributed by atoms with van der Waals surface area (Å²) >= 11 is 3.43. The molecule has 0 atom stereocenters. The molecule has 0 fully saturated rings. The number of para-hydroxylation sites is 1. The van der Waals surface area contributed by atoms with E-state index in [9.17, 15) is 0 Å². The summed E-state index contributed by atoms with van der Waals surface area (Å²) < 4.78 is 6.59. The summed E-state index contributed by atoms with van der Waals surface area (Å²) in [6.07, 6.45) is 3.43. The van der Waals surface area contributed by atoms with Gasteiger partial charge in [-0.25, -0.2) is 4.98 Å². The highest BCUT2D eigenvalue weighted by Crippen LogP contribution is 2.24. The number of aromatic nitrogens is 2. The minimum Gasteiger partial charge on any atom is -0.486 e. The van der Waals surface area contributed by atoms with Gasteiger partial charge < -0.3 is 10.1 Å². The number of ether oxygens (including phenoxy) is 1. The van der Waals surface area contributed by atoms with Crippen molar-refractivity contribution in [3.63, 3.8) is 0 Å². The van der Waals surface area contributed by atoms with E-state index in [1.807, 2.05) is 31.2 Å². The minimum atomic E-state index is 0.405. The molecule has 0 saturated carbocycles. The van der Waals surface area contributed by atoms with Gasteiger partial charge in [-0.3, -0.25) is 4.98 Å². The van der Waals surface area contributed by atoms with Gasteiger partial charge in [0.2, 0.25) is 0 Å². The lowest BCUT2D eigenvalue weighted by molar-refractivity contribution is 0.299. The standard InChI is InChI=1S/C13H14BrN3O/c1-2-15-13-8-16-10(7-17-13)9-18-12-6-4-3-5-11(12)14/h3-8H,2,9H2,1H3,(H,15,17). The van der Waals surface area contributed by atoms with E-state index in [-0.39, 0.29) is 0 Å². The third kappa shape index (κ3) is 3.43. The minimum absolute atomic E-state index is 0.405. The van der Waals surface area contributed by atoms with Crippen molar-refractivity contribution in [1.82, 2.24) is 9.97 Å². The second-order valence-corrected chi connectivity index (χ2v) is 4.50. The van der Waals surface area contributed by atoms with Crippen molar-refractivity contribution in [2.24, 2.45) is 0 Å². The topological polar surface area (TPSA) is 47.0 Å². The Labute approximate surface area is 115 Å². The van der Waals surface area contributed by atoms with Gasteiger partial charge in [-0.15, -0.1) is 0 Å². The van der Waals surface area contributed by atoms with Crippen LogP contribution < -0.4 is 10.1 Å². The maximum atomic E-state index is 5.65. The van der Waals surface area contributed by atoms with Crippen molar-refractivity contribution in [1.29, 1.82) is 0 Å². The predicted octanol–water partition coefficient (Wildman–Crippen LogP) is 3.25. The zero-order valence-electron chi connectivity index (χ0n) is 10.1. The van der Waals surface area contributed by atoms with E-state index < -0.39 is 0 Å². The van der Waals surface area contributed by atoms with Crippen LogP contribution in [0.4, 0.5) is 5.82 Å². The van der Waals surface area contributed by atoms with Crippen molar-refractivity contribution in [3.05, 3.63) is 46.8 Å². The van der Waals surface area contributed by atoms with E-state index in [0.717, 1.165) is 28.3 Å². The fourth-order valence-corrected chi connectivity index (χ4v) is 1.81. The molecular formula is C13H14BrN3O. The summed E-state index contributed by atoms with van der Waals surface area (Å²) in [6.45, 7) is 3.26. The van der Waals surface area contributed by atoms with Gasteiger partial charge in [0, 0.05) is 6.54 Å². The van der Waals surface area contributed by atoms with Gasteiger partial charge in [-0.2, -0.15) is 0 Å². The molecule has 18 heavy (non-hydrogen) atoms. The number of nitrogens with one attached hydrogen (secondary N) is 1. The third-order valence-electron chi connectivity index (χ3n) is 2.28. The summed E-state index contributed by atoms with van der Waals surface area (Å²) in [6, 6.07) is 7.72. The maximum Gasteiger partial charge on any atom is 0.144 e. The molecule has 94 valence electrons. The molecule has 0 aliphatic rings. The van der Waals surface area contributed by atoms with Crippen molar-refractivity contribution in [2.45, 2.75) is 13.5 Å². The second kappa shape index (κ2) is 6.35. The molecule has 1 aromatic heterocycles. The number of rotatable bonds is 5. The second-order valence-electron chi connectivity index (χ2n) is 3.64. The van der Waals surface area contributed by atoms with E-state index in [1.165, 1.54) is 0 Å². The molecule has 5 heteroatoms. The van der Waals surface area contributed by atoms with Gasteiger partial charge in [0.15, 0.2) is 0 Å². The van der Waals surface area contributed by atoms with Crippen LogP contribution >= 0.6 is 15.9 Å². The molecule has 1 aromatic carbocycles. The Morgan fingerprint density at radius 1 is 1.22 bits per heavy atom. The Morgan fingerprint density at radius 2 is 2.06 bits per heavy atom. The molecule has 0 aliphatic heterocycles.